The molecule has 1 aromatic rings. The summed E-state index contributed by atoms with van der Waals surface area (Å²) in [5.74, 6) is -0.460. The number of esters is 2. The topological polar surface area (TPSA) is 75.2 Å². The van der Waals surface area contributed by atoms with Gasteiger partial charge >= 0.3 is 11.9 Å². The smallest absolute Gasteiger partial charge is 0.320 e. The number of rotatable bonds is 6. The molecule has 0 saturated carbocycles. The van der Waals surface area contributed by atoms with Crippen molar-refractivity contribution in [2.75, 3.05) is 52.4 Å². The van der Waals surface area contributed by atoms with E-state index in [1.807, 2.05) is 59.7 Å². The molecule has 0 bridgehead atoms. The number of hydrogen-bond donors (Lipinski definition) is 0. The first kappa shape index (κ1) is 26.2. The van der Waals surface area contributed by atoms with Gasteiger partial charge in [0.2, 0.25) is 0 Å². The molecule has 1 aliphatic heterocycles. The van der Waals surface area contributed by atoms with Crippen LogP contribution in [0, 0.1) is 0 Å². The first-order valence-electron chi connectivity index (χ1n) is 11.4. The third kappa shape index (κ3) is 11.0. The van der Waals surface area contributed by atoms with Gasteiger partial charge in [0.25, 0.3) is 0 Å². The highest BCUT2D eigenvalue weighted by molar-refractivity contribution is 5.72. The molecule has 1 aliphatic rings. The highest BCUT2D eigenvalue weighted by Crippen LogP contribution is 2.11. The molecule has 8 nitrogen and oxygen atoms in total. The molecule has 1 fully saturated rings. The highest BCUT2D eigenvalue weighted by Gasteiger charge is 2.24. The summed E-state index contributed by atoms with van der Waals surface area (Å²) in [4.78, 5) is 35.8. The van der Waals surface area contributed by atoms with Crippen molar-refractivity contribution in [1.29, 1.82) is 0 Å². The van der Waals surface area contributed by atoms with E-state index in [1.54, 1.807) is 6.20 Å². The monoisotopic (exact) mass is 448 g/mol. The van der Waals surface area contributed by atoms with Gasteiger partial charge in [-0.05, 0) is 53.7 Å². The van der Waals surface area contributed by atoms with Gasteiger partial charge in [-0.25, -0.2) is 0 Å². The van der Waals surface area contributed by atoms with Crippen LogP contribution in [-0.2, 0) is 25.6 Å². The normalized spacial score (nSPS) is 17.8. The molecule has 2 rings (SSSR count). The second-order valence-electron chi connectivity index (χ2n) is 10.3. The number of aromatic nitrogens is 1. The Hall–Kier alpha value is -2.03. The summed E-state index contributed by atoms with van der Waals surface area (Å²) in [6, 6.07) is 5.92. The molecule has 0 amide bonds. The molecule has 8 heteroatoms. The van der Waals surface area contributed by atoms with Gasteiger partial charge in [0.05, 0.1) is 18.8 Å². The van der Waals surface area contributed by atoms with E-state index in [9.17, 15) is 9.59 Å². The van der Waals surface area contributed by atoms with E-state index in [-0.39, 0.29) is 25.0 Å². The quantitative estimate of drug-likeness (QED) is 0.613. The van der Waals surface area contributed by atoms with Crippen LogP contribution in [0.2, 0.25) is 0 Å². The molecule has 1 saturated heterocycles. The van der Waals surface area contributed by atoms with Crippen LogP contribution in [0.3, 0.4) is 0 Å². The van der Waals surface area contributed by atoms with E-state index in [0.29, 0.717) is 13.1 Å². The average molecular weight is 449 g/mol. The van der Waals surface area contributed by atoms with E-state index in [4.69, 9.17) is 9.47 Å². The summed E-state index contributed by atoms with van der Waals surface area (Å²) in [7, 11) is 0. The lowest BCUT2D eigenvalue weighted by Gasteiger charge is -2.27. The third-order valence-electron chi connectivity index (χ3n) is 4.85. The minimum atomic E-state index is -0.509. The molecule has 2 heterocycles. The Morgan fingerprint density at radius 3 is 1.59 bits per heavy atom. The van der Waals surface area contributed by atoms with Crippen LogP contribution in [0.5, 0.6) is 0 Å². The van der Waals surface area contributed by atoms with E-state index >= 15 is 0 Å². The summed E-state index contributed by atoms with van der Waals surface area (Å²) in [6.07, 6.45) is 1.80. The van der Waals surface area contributed by atoms with E-state index in [1.165, 1.54) is 0 Å². The molecular formula is C24H40N4O4. The number of pyridine rings is 1. The first-order chi connectivity index (χ1) is 14.9. The van der Waals surface area contributed by atoms with Crippen LogP contribution in [0.4, 0.5) is 0 Å². The van der Waals surface area contributed by atoms with Crippen molar-refractivity contribution in [3.8, 4) is 0 Å². The number of ether oxygens (including phenoxy) is 2. The Labute approximate surface area is 192 Å². The zero-order valence-electron chi connectivity index (χ0n) is 20.6. The number of nitrogens with zero attached hydrogens (tertiary/aromatic N) is 4. The SMILES string of the molecule is CC(C)(C)OC(=O)CN1CCN(CC(=O)OC(C)(C)C)CCN(Cc2ccccn2)CC1. The molecule has 0 unspecified atom stereocenters. The summed E-state index contributed by atoms with van der Waals surface area (Å²) >= 11 is 0. The Bertz CT molecular complexity index is 686. The standard InChI is InChI=1S/C24H40N4O4/c1-23(2,3)31-21(29)18-27-13-11-26(17-20-9-7-8-10-25-20)12-14-28(16-15-27)19-22(30)32-24(4,5)6/h7-10H,11-19H2,1-6H3. The summed E-state index contributed by atoms with van der Waals surface area (Å²) in [5.41, 5.74) is -0.0151. The summed E-state index contributed by atoms with van der Waals surface area (Å²) in [5, 5.41) is 0. The number of carbonyl (C=O) groups excluding carboxylic acids is 2. The number of hydrogen-bond acceptors (Lipinski definition) is 8. The van der Waals surface area contributed by atoms with E-state index in [2.05, 4.69) is 19.7 Å². The third-order valence-corrected chi connectivity index (χ3v) is 4.85. The second-order valence-corrected chi connectivity index (χ2v) is 10.3. The molecule has 32 heavy (non-hydrogen) atoms. The highest BCUT2D eigenvalue weighted by atomic mass is 16.6. The van der Waals surface area contributed by atoms with Crippen molar-refractivity contribution in [3.63, 3.8) is 0 Å². The van der Waals surface area contributed by atoms with Crippen molar-refractivity contribution >= 4 is 11.9 Å². The van der Waals surface area contributed by atoms with Gasteiger partial charge in [-0.1, -0.05) is 6.07 Å². The maximum atomic E-state index is 12.4. The van der Waals surface area contributed by atoms with Gasteiger partial charge < -0.3 is 9.47 Å². The fraction of sp³-hybridized carbons (Fsp3) is 0.708. The van der Waals surface area contributed by atoms with Crippen molar-refractivity contribution in [2.45, 2.75) is 59.3 Å². The van der Waals surface area contributed by atoms with Gasteiger partial charge in [0, 0.05) is 52.0 Å². The fourth-order valence-electron chi connectivity index (χ4n) is 3.49. The Morgan fingerprint density at radius 2 is 1.22 bits per heavy atom. The Morgan fingerprint density at radius 1 is 0.781 bits per heavy atom. The van der Waals surface area contributed by atoms with Crippen molar-refractivity contribution in [1.82, 2.24) is 19.7 Å². The molecule has 0 radical (unpaired) electrons. The lowest BCUT2D eigenvalue weighted by Crippen LogP contribution is -2.42. The van der Waals surface area contributed by atoms with Gasteiger partial charge in [0.1, 0.15) is 11.2 Å². The maximum absolute atomic E-state index is 12.4. The van der Waals surface area contributed by atoms with E-state index in [0.717, 1.165) is 38.4 Å². The molecule has 1 aromatic heterocycles. The van der Waals surface area contributed by atoms with Gasteiger partial charge in [-0.2, -0.15) is 0 Å². The lowest BCUT2D eigenvalue weighted by molar-refractivity contribution is -0.158. The van der Waals surface area contributed by atoms with Crippen molar-refractivity contribution in [3.05, 3.63) is 30.1 Å². The second kappa shape index (κ2) is 11.7. The Kier molecular flexibility index (Phi) is 9.61. The molecule has 0 N–H and O–H groups in total. The van der Waals surface area contributed by atoms with E-state index < -0.39 is 11.2 Å². The molecule has 0 spiro atoms. The summed E-state index contributed by atoms with van der Waals surface area (Å²) in [6.45, 7) is 16.9. The fourth-order valence-corrected chi connectivity index (χ4v) is 3.49. The molecule has 0 atom stereocenters. The molecule has 0 aliphatic carbocycles. The molecule has 0 aromatic carbocycles. The zero-order valence-corrected chi connectivity index (χ0v) is 20.6. The van der Waals surface area contributed by atoms with Gasteiger partial charge in [-0.3, -0.25) is 29.3 Å². The lowest BCUT2D eigenvalue weighted by atomic mass is 10.2. The van der Waals surface area contributed by atoms with Gasteiger partial charge in [0.15, 0.2) is 0 Å². The minimum absolute atomic E-state index is 0.230. The minimum Gasteiger partial charge on any atom is -0.459 e. The van der Waals surface area contributed by atoms with Crippen LogP contribution < -0.4 is 0 Å². The first-order valence-corrected chi connectivity index (χ1v) is 11.4. The van der Waals surface area contributed by atoms with Crippen LogP contribution in [0.1, 0.15) is 47.2 Å². The predicted octanol–water partition coefficient (Wildman–Crippen LogP) is 2.18. The molecule has 180 valence electrons. The maximum Gasteiger partial charge on any atom is 0.320 e. The summed E-state index contributed by atoms with van der Waals surface area (Å²) < 4.78 is 11.0. The van der Waals surface area contributed by atoms with Crippen molar-refractivity contribution in [2.24, 2.45) is 0 Å². The van der Waals surface area contributed by atoms with Crippen LogP contribution >= 0.6 is 0 Å². The zero-order chi connectivity index (χ0) is 23.8. The Balaban J connectivity index is 2.06. The van der Waals surface area contributed by atoms with Crippen molar-refractivity contribution < 1.29 is 19.1 Å². The van der Waals surface area contributed by atoms with Crippen LogP contribution in [0.15, 0.2) is 24.4 Å². The number of carbonyl (C=O) groups is 2. The molecular weight excluding hydrogens is 408 g/mol. The van der Waals surface area contributed by atoms with Crippen LogP contribution in [-0.4, -0.2) is 95.2 Å². The predicted molar refractivity (Wildman–Crippen MR) is 124 cm³/mol. The van der Waals surface area contributed by atoms with Gasteiger partial charge in [-0.15, -0.1) is 0 Å². The van der Waals surface area contributed by atoms with Crippen LogP contribution in [0.25, 0.3) is 0 Å². The average Bonchev–Trinajstić information content (AvgIpc) is 2.72. The largest absolute Gasteiger partial charge is 0.459 e.